The van der Waals surface area contributed by atoms with Crippen LogP contribution in [0.3, 0.4) is 0 Å². The summed E-state index contributed by atoms with van der Waals surface area (Å²) in [6.07, 6.45) is 11.3. The molecule has 34 heavy (non-hydrogen) atoms. The van der Waals surface area contributed by atoms with E-state index in [1.54, 1.807) is 6.20 Å². The minimum absolute atomic E-state index is 0.175. The van der Waals surface area contributed by atoms with Crippen LogP contribution in [0.25, 0.3) is 5.69 Å². The SMILES string of the molecule is CCc1cccc(CC)c1-n1ccnc1C(=NC1CCCCC1)OP(=O)(C(C)(C)C)C(C)(C)C. The molecule has 1 fully saturated rings. The number of nitrogens with zero attached hydrogens (tertiary/aromatic N) is 3. The molecular formula is C28H44N3O2P. The maximum Gasteiger partial charge on any atom is 0.259 e. The minimum atomic E-state index is -3.18. The standard InChI is InChI=1S/C28H44N3O2P/c1-9-21-15-14-16-22(10-2)24(21)31-20-19-29-25(31)26(30-23-17-12-11-13-18-23)33-34(32,27(3,4)5)28(6,7)8/h14-16,19-20,23H,9-13,17-18H2,1-8H3. The summed E-state index contributed by atoms with van der Waals surface area (Å²) in [6.45, 7) is 16.4. The molecule has 0 amide bonds. The zero-order valence-electron chi connectivity index (χ0n) is 22.5. The first-order chi connectivity index (χ1) is 15.9. The van der Waals surface area contributed by atoms with Gasteiger partial charge < -0.3 is 4.52 Å². The quantitative estimate of drug-likeness (QED) is 0.237. The van der Waals surface area contributed by atoms with E-state index in [1.807, 2.05) is 47.7 Å². The Balaban J connectivity index is 2.21. The van der Waals surface area contributed by atoms with E-state index in [1.165, 1.54) is 30.4 Å². The maximum absolute atomic E-state index is 14.6. The van der Waals surface area contributed by atoms with Crippen molar-refractivity contribution in [2.24, 2.45) is 4.99 Å². The number of hydrogen-bond acceptors (Lipinski definition) is 4. The Labute approximate surface area is 206 Å². The summed E-state index contributed by atoms with van der Waals surface area (Å²) < 4.78 is 23.3. The van der Waals surface area contributed by atoms with Crippen molar-refractivity contribution in [1.82, 2.24) is 9.55 Å². The second kappa shape index (κ2) is 10.4. The Hall–Kier alpha value is -1.87. The molecule has 1 aromatic carbocycles. The Kier molecular flexibility index (Phi) is 8.18. The number of para-hydroxylation sites is 1. The molecule has 0 bridgehead atoms. The Morgan fingerprint density at radius 1 is 1.03 bits per heavy atom. The molecule has 6 heteroatoms. The monoisotopic (exact) mass is 485 g/mol. The van der Waals surface area contributed by atoms with Crippen LogP contribution < -0.4 is 0 Å². The predicted octanol–water partition coefficient (Wildman–Crippen LogP) is 7.97. The molecular weight excluding hydrogens is 441 g/mol. The van der Waals surface area contributed by atoms with Crippen molar-refractivity contribution in [3.8, 4) is 5.69 Å². The summed E-state index contributed by atoms with van der Waals surface area (Å²) in [5.74, 6) is 1.08. The van der Waals surface area contributed by atoms with Crippen LogP contribution in [0.2, 0.25) is 0 Å². The summed E-state index contributed by atoms with van der Waals surface area (Å²) in [5, 5.41) is -1.07. The third-order valence-corrected chi connectivity index (χ3v) is 10.9. The second-order valence-electron chi connectivity index (χ2n) is 11.5. The lowest BCUT2D eigenvalue weighted by molar-refractivity contribution is 0.400. The van der Waals surface area contributed by atoms with Crippen molar-refractivity contribution in [2.75, 3.05) is 0 Å². The van der Waals surface area contributed by atoms with Gasteiger partial charge in [-0.05, 0) is 36.8 Å². The smallest absolute Gasteiger partial charge is 0.259 e. The molecule has 0 spiro atoms. The van der Waals surface area contributed by atoms with Gasteiger partial charge >= 0.3 is 0 Å². The highest BCUT2D eigenvalue weighted by Gasteiger charge is 2.50. The van der Waals surface area contributed by atoms with Crippen LogP contribution in [0, 0.1) is 0 Å². The van der Waals surface area contributed by atoms with Crippen molar-refractivity contribution >= 4 is 13.3 Å². The Morgan fingerprint density at radius 3 is 2.09 bits per heavy atom. The molecule has 0 saturated heterocycles. The fourth-order valence-electron chi connectivity index (χ4n) is 5.07. The molecule has 0 atom stereocenters. The van der Waals surface area contributed by atoms with Gasteiger partial charge in [0.05, 0.1) is 11.7 Å². The lowest BCUT2D eigenvalue weighted by Gasteiger charge is -2.40. The average Bonchev–Trinajstić information content (AvgIpc) is 3.26. The Morgan fingerprint density at radius 2 is 1.59 bits per heavy atom. The van der Waals surface area contributed by atoms with Crippen molar-refractivity contribution in [2.45, 2.75) is 117 Å². The van der Waals surface area contributed by atoms with Crippen LogP contribution in [0.4, 0.5) is 0 Å². The largest absolute Gasteiger partial charge is 0.421 e. The van der Waals surface area contributed by atoms with Gasteiger partial charge in [-0.1, -0.05) is 92.9 Å². The van der Waals surface area contributed by atoms with Gasteiger partial charge in [0, 0.05) is 22.7 Å². The first kappa shape index (κ1) is 26.7. The van der Waals surface area contributed by atoms with E-state index in [0.717, 1.165) is 31.4 Å². The van der Waals surface area contributed by atoms with Crippen LogP contribution >= 0.6 is 7.37 Å². The van der Waals surface area contributed by atoms with Gasteiger partial charge in [-0.2, -0.15) is 0 Å². The van der Waals surface area contributed by atoms with E-state index in [4.69, 9.17) is 14.5 Å². The fourth-order valence-corrected chi connectivity index (χ4v) is 8.00. The van der Waals surface area contributed by atoms with Crippen LogP contribution in [-0.2, 0) is 21.9 Å². The van der Waals surface area contributed by atoms with Gasteiger partial charge in [0.1, 0.15) is 0 Å². The van der Waals surface area contributed by atoms with Crippen LogP contribution in [0.15, 0.2) is 35.6 Å². The number of aromatic nitrogens is 2. The molecule has 1 heterocycles. The van der Waals surface area contributed by atoms with E-state index >= 15 is 0 Å². The van der Waals surface area contributed by atoms with Gasteiger partial charge in [0.15, 0.2) is 0 Å². The molecule has 0 unspecified atom stereocenters. The van der Waals surface area contributed by atoms with Crippen molar-refractivity contribution < 1.29 is 9.09 Å². The van der Waals surface area contributed by atoms with Gasteiger partial charge in [0.2, 0.25) is 5.82 Å². The van der Waals surface area contributed by atoms with E-state index < -0.39 is 17.7 Å². The number of benzene rings is 1. The first-order valence-corrected chi connectivity index (χ1v) is 14.6. The number of aliphatic imine (C=N–C) groups is 1. The van der Waals surface area contributed by atoms with Crippen LogP contribution in [0.1, 0.15) is 104 Å². The van der Waals surface area contributed by atoms with Gasteiger partial charge in [-0.3, -0.25) is 9.13 Å². The maximum atomic E-state index is 14.6. The normalized spacial score (nSPS) is 16.6. The third-order valence-electron chi connectivity index (χ3n) is 6.89. The van der Waals surface area contributed by atoms with E-state index in [2.05, 4.69) is 36.6 Å². The van der Waals surface area contributed by atoms with Crippen molar-refractivity contribution in [1.29, 1.82) is 0 Å². The Bertz CT molecular complexity index is 1010. The summed E-state index contributed by atoms with van der Waals surface area (Å²) in [6, 6.07) is 6.64. The summed E-state index contributed by atoms with van der Waals surface area (Å²) in [5.41, 5.74) is 3.65. The molecule has 1 aromatic heterocycles. The van der Waals surface area contributed by atoms with Crippen molar-refractivity contribution in [3.05, 3.63) is 47.5 Å². The van der Waals surface area contributed by atoms with E-state index in [-0.39, 0.29) is 6.04 Å². The summed E-state index contributed by atoms with van der Waals surface area (Å²) in [4.78, 5) is 9.87. The second-order valence-corrected chi connectivity index (χ2v) is 15.4. The highest BCUT2D eigenvalue weighted by Crippen LogP contribution is 2.68. The summed E-state index contributed by atoms with van der Waals surface area (Å²) >= 11 is 0. The molecule has 1 aliphatic rings. The highest BCUT2D eigenvalue weighted by molar-refractivity contribution is 7.62. The molecule has 0 N–H and O–H groups in total. The highest BCUT2D eigenvalue weighted by atomic mass is 31.2. The van der Waals surface area contributed by atoms with Crippen molar-refractivity contribution in [3.63, 3.8) is 0 Å². The lowest BCUT2D eigenvalue weighted by Crippen LogP contribution is -2.32. The van der Waals surface area contributed by atoms with Gasteiger partial charge in [0.25, 0.3) is 13.3 Å². The minimum Gasteiger partial charge on any atom is -0.421 e. The number of hydrogen-bond donors (Lipinski definition) is 0. The molecule has 3 rings (SSSR count). The third kappa shape index (κ3) is 5.35. The fraction of sp³-hybridized carbons (Fsp3) is 0.643. The average molecular weight is 486 g/mol. The van der Waals surface area contributed by atoms with Gasteiger partial charge in [-0.15, -0.1) is 0 Å². The summed E-state index contributed by atoms with van der Waals surface area (Å²) in [7, 11) is -3.18. The molecule has 188 valence electrons. The van der Waals surface area contributed by atoms with Gasteiger partial charge in [-0.25, -0.2) is 9.98 Å². The van der Waals surface area contributed by atoms with E-state index in [0.29, 0.717) is 11.7 Å². The van der Waals surface area contributed by atoms with Crippen LogP contribution in [0.5, 0.6) is 0 Å². The first-order valence-electron chi connectivity index (χ1n) is 13.0. The molecule has 0 radical (unpaired) electrons. The number of imidazole rings is 1. The van der Waals surface area contributed by atoms with Crippen LogP contribution in [-0.4, -0.2) is 31.8 Å². The lowest BCUT2D eigenvalue weighted by atomic mass is 9.96. The molecule has 0 aliphatic heterocycles. The number of aryl methyl sites for hydroxylation is 2. The molecule has 1 saturated carbocycles. The van der Waals surface area contributed by atoms with E-state index in [9.17, 15) is 4.57 Å². The molecule has 5 nitrogen and oxygen atoms in total. The molecule has 1 aliphatic carbocycles. The zero-order valence-corrected chi connectivity index (χ0v) is 23.4. The predicted molar refractivity (Wildman–Crippen MR) is 144 cm³/mol. The topological polar surface area (TPSA) is 56.5 Å². The zero-order chi connectivity index (χ0) is 25.1. The molecule has 2 aromatic rings. The number of rotatable bonds is 6.